The Morgan fingerprint density at radius 3 is 2.54 bits per heavy atom. The van der Waals surface area contributed by atoms with Crippen molar-refractivity contribution in [2.45, 2.75) is 50.6 Å². The smallest absolute Gasteiger partial charge is 0.325 e. The van der Waals surface area contributed by atoms with Gasteiger partial charge in [0, 0.05) is 43.6 Å². The number of methoxy groups -OCH3 is 1. The number of amides is 2. The highest BCUT2D eigenvalue weighted by Crippen LogP contribution is 2.40. The summed E-state index contributed by atoms with van der Waals surface area (Å²) in [5, 5.41) is 6.93. The summed E-state index contributed by atoms with van der Waals surface area (Å²) in [6.45, 7) is 4.68. The Morgan fingerprint density at radius 1 is 1.05 bits per heavy atom. The minimum atomic E-state index is -0.157. The molecular formula is C30H37N5O2. The number of aromatic amines is 1. The molecule has 1 aromatic heterocycles. The first-order valence-corrected chi connectivity index (χ1v) is 13.7. The molecule has 1 aliphatic carbocycles. The SMILES string of the molecule is COc1cccc(CN2C(=O)N(c3ccc(-c4cn[nH]c4)cc3)CC23CCN(CC2CCCC2)CC3)c1. The van der Waals surface area contributed by atoms with E-state index in [4.69, 9.17) is 4.74 Å². The Morgan fingerprint density at radius 2 is 1.84 bits per heavy atom. The molecule has 194 valence electrons. The van der Waals surface area contributed by atoms with Crippen molar-refractivity contribution in [3.05, 3.63) is 66.5 Å². The topological polar surface area (TPSA) is 64.7 Å². The fraction of sp³-hybridized carbons (Fsp3) is 0.467. The third-order valence-corrected chi connectivity index (χ3v) is 8.75. The first kappa shape index (κ1) is 24.0. The number of carbonyl (C=O) groups is 1. The number of ether oxygens (including phenoxy) is 1. The van der Waals surface area contributed by atoms with Gasteiger partial charge in [-0.05, 0) is 67.0 Å². The van der Waals surface area contributed by atoms with E-state index < -0.39 is 0 Å². The summed E-state index contributed by atoms with van der Waals surface area (Å²) in [6, 6.07) is 16.5. The Balaban J connectivity index is 1.24. The molecule has 1 N–H and O–H groups in total. The molecule has 0 atom stereocenters. The van der Waals surface area contributed by atoms with E-state index in [0.717, 1.165) is 66.5 Å². The van der Waals surface area contributed by atoms with Crippen LogP contribution in [-0.4, -0.2) is 64.9 Å². The second-order valence-electron chi connectivity index (χ2n) is 11.0. The Bertz CT molecular complexity index is 1190. The van der Waals surface area contributed by atoms with Crippen LogP contribution in [-0.2, 0) is 6.54 Å². The van der Waals surface area contributed by atoms with Crippen LogP contribution >= 0.6 is 0 Å². The zero-order chi connectivity index (χ0) is 25.2. The molecule has 3 fully saturated rings. The Kier molecular flexibility index (Phi) is 6.63. The maximum absolute atomic E-state index is 14.0. The minimum Gasteiger partial charge on any atom is -0.497 e. The number of H-pyrrole nitrogens is 1. The normalized spacial score (nSPS) is 20.3. The molecule has 3 heterocycles. The number of hydrogen-bond donors (Lipinski definition) is 1. The van der Waals surface area contributed by atoms with Crippen molar-refractivity contribution >= 4 is 11.7 Å². The van der Waals surface area contributed by atoms with Gasteiger partial charge in [0.1, 0.15) is 5.75 Å². The van der Waals surface area contributed by atoms with E-state index in [0.29, 0.717) is 6.54 Å². The number of anilines is 1. The molecule has 37 heavy (non-hydrogen) atoms. The van der Waals surface area contributed by atoms with E-state index in [9.17, 15) is 4.79 Å². The second kappa shape index (κ2) is 10.2. The number of aromatic nitrogens is 2. The van der Waals surface area contributed by atoms with Crippen LogP contribution in [0.5, 0.6) is 5.75 Å². The number of hydrogen-bond acceptors (Lipinski definition) is 4. The number of rotatable bonds is 7. The van der Waals surface area contributed by atoms with Gasteiger partial charge in [-0.2, -0.15) is 5.10 Å². The standard InChI is InChI=1S/C30H37N5O2/c1-37-28-8-4-7-24(17-28)21-35-29(36)34(27-11-9-25(10-12-27)26-18-31-32-19-26)22-30(35)13-15-33(16-14-30)20-23-5-2-3-6-23/h4,7-12,17-19,23H,2-3,5-6,13-16,20-22H2,1H3,(H,31,32). The number of benzene rings is 2. The molecule has 7 nitrogen and oxygen atoms in total. The molecule has 2 aromatic carbocycles. The number of carbonyl (C=O) groups excluding carboxylic acids is 1. The van der Waals surface area contributed by atoms with E-state index in [-0.39, 0.29) is 11.6 Å². The monoisotopic (exact) mass is 499 g/mol. The summed E-state index contributed by atoms with van der Waals surface area (Å²) in [4.78, 5) is 20.8. The quantitative estimate of drug-likeness (QED) is 0.463. The van der Waals surface area contributed by atoms with Crippen LogP contribution in [0.1, 0.15) is 44.1 Å². The highest BCUT2D eigenvalue weighted by atomic mass is 16.5. The van der Waals surface area contributed by atoms with Crippen LogP contribution in [0.3, 0.4) is 0 Å². The molecule has 0 radical (unpaired) electrons. The lowest BCUT2D eigenvalue weighted by Crippen LogP contribution is -2.54. The van der Waals surface area contributed by atoms with Gasteiger partial charge in [-0.25, -0.2) is 4.79 Å². The summed E-state index contributed by atoms with van der Waals surface area (Å²) < 4.78 is 5.47. The second-order valence-corrected chi connectivity index (χ2v) is 11.0. The molecule has 2 aliphatic heterocycles. The van der Waals surface area contributed by atoms with Gasteiger partial charge in [0.2, 0.25) is 0 Å². The van der Waals surface area contributed by atoms with Gasteiger partial charge in [-0.1, -0.05) is 37.1 Å². The fourth-order valence-corrected chi connectivity index (χ4v) is 6.57. The molecule has 0 bridgehead atoms. The van der Waals surface area contributed by atoms with Gasteiger partial charge in [-0.3, -0.25) is 10.00 Å². The van der Waals surface area contributed by atoms with Crippen molar-refractivity contribution in [3.8, 4) is 16.9 Å². The van der Waals surface area contributed by atoms with Crippen LogP contribution < -0.4 is 9.64 Å². The average molecular weight is 500 g/mol. The lowest BCUT2D eigenvalue weighted by Gasteiger charge is -2.44. The summed E-state index contributed by atoms with van der Waals surface area (Å²) in [7, 11) is 1.69. The first-order chi connectivity index (χ1) is 18.1. The third-order valence-electron chi connectivity index (χ3n) is 8.75. The minimum absolute atomic E-state index is 0.100. The molecule has 0 unspecified atom stereocenters. The highest BCUT2D eigenvalue weighted by Gasteiger charge is 2.51. The molecular weight excluding hydrogens is 462 g/mol. The average Bonchev–Trinajstić information content (AvgIpc) is 3.70. The van der Waals surface area contributed by atoms with Crippen LogP contribution in [0.15, 0.2) is 60.9 Å². The lowest BCUT2D eigenvalue weighted by atomic mass is 9.85. The zero-order valence-corrected chi connectivity index (χ0v) is 21.7. The van der Waals surface area contributed by atoms with Crippen LogP contribution in [0, 0.1) is 5.92 Å². The number of nitrogens with one attached hydrogen (secondary N) is 1. The van der Waals surface area contributed by atoms with Crippen molar-refractivity contribution < 1.29 is 9.53 Å². The maximum Gasteiger partial charge on any atom is 0.325 e. The highest BCUT2D eigenvalue weighted by molar-refractivity contribution is 5.95. The van der Waals surface area contributed by atoms with Gasteiger partial charge in [0.15, 0.2) is 0 Å². The summed E-state index contributed by atoms with van der Waals surface area (Å²) >= 11 is 0. The van der Waals surface area contributed by atoms with Gasteiger partial charge in [0.25, 0.3) is 0 Å². The van der Waals surface area contributed by atoms with Crippen molar-refractivity contribution in [3.63, 3.8) is 0 Å². The van der Waals surface area contributed by atoms with Gasteiger partial charge >= 0.3 is 6.03 Å². The van der Waals surface area contributed by atoms with Crippen LogP contribution in [0.4, 0.5) is 10.5 Å². The molecule has 7 heteroatoms. The van der Waals surface area contributed by atoms with E-state index in [1.54, 1.807) is 7.11 Å². The molecule has 1 spiro atoms. The third kappa shape index (κ3) is 4.85. The first-order valence-electron chi connectivity index (χ1n) is 13.7. The predicted octanol–water partition coefficient (Wildman–Crippen LogP) is 5.55. The van der Waals surface area contributed by atoms with E-state index in [1.807, 2.05) is 29.4 Å². The number of nitrogens with zero attached hydrogens (tertiary/aromatic N) is 4. The van der Waals surface area contributed by atoms with Crippen molar-refractivity contribution in [1.29, 1.82) is 0 Å². The van der Waals surface area contributed by atoms with E-state index in [2.05, 4.69) is 56.4 Å². The van der Waals surface area contributed by atoms with Crippen molar-refractivity contribution in [2.24, 2.45) is 5.92 Å². The zero-order valence-electron chi connectivity index (χ0n) is 21.7. The van der Waals surface area contributed by atoms with Crippen molar-refractivity contribution in [1.82, 2.24) is 20.0 Å². The van der Waals surface area contributed by atoms with Gasteiger partial charge < -0.3 is 14.5 Å². The largest absolute Gasteiger partial charge is 0.497 e. The summed E-state index contributed by atoms with van der Waals surface area (Å²) in [5.74, 6) is 1.69. The maximum atomic E-state index is 14.0. The molecule has 2 saturated heterocycles. The summed E-state index contributed by atoms with van der Waals surface area (Å²) in [5.41, 5.74) is 4.04. The Hall–Kier alpha value is -3.32. The predicted molar refractivity (Wildman–Crippen MR) is 146 cm³/mol. The molecule has 3 aromatic rings. The van der Waals surface area contributed by atoms with E-state index >= 15 is 0 Å². The van der Waals surface area contributed by atoms with Crippen LogP contribution in [0.2, 0.25) is 0 Å². The number of piperidine rings is 1. The molecule has 3 aliphatic rings. The molecule has 1 saturated carbocycles. The van der Waals surface area contributed by atoms with Gasteiger partial charge in [-0.15, -0.1) is 0 Å². The molecule has 2 amide bonds. The summed E-state index contributed by atoms with van der Waals surface area (Å²) in [6.07, 6.45) is 11.3. The fourth-order valence-electron chi connectivity index (χ4n) is 6.57. The number of urea groups is 1. The number of likely N-dealkylation sites (tertiary alicyclic amines) is 1. The molecule has 6 rings (SSSR count). The van der Waals surface area contributed by atoms with Crippen molar-refractivity contribution in [2.75, 3.05) is 38.2 Å². The lowest BCUT2D eigenvalue weighted by molar-refractivity contribution is 0.0654. The van der Waals surface area contributed by atoms with E-state index in [1.165, 1.54) is 32.2 Å². The van der Waals surface area contributed by atoms with Gasteiger partial charge in [0.05, 0.1) is 25.4 Å². The van der Waals surface area contributed by atoms with Crippen LogP contribution in [0.25, 0.3) is 11.1 Å². The Labute approximate surface area is 219 Å².